The molecule has 4 rings (SSSR count). The first-order chi connectivity index (χ1) is 20.6. The van der Waals surface area contributed by atoms with Crippen LogP contribution in [0.2, 0.25) is 0 Å². The van der Waals surface area contributed by atoms with E-state index in [9.17, 15) is 28.0 Å². The van der Waals surface area contributed by atoms with Gasteiger partial charge in [-0.15, -0.1) is 11.6 Å². The molecule has 2 atom stereocenters. The monoisotopic (exact) mass is 616 g/mol. The molecule has 2 heterocycles. The van der Waals surface area contributed by atoms with Crippen molar-refractivity contribution in [1.82, 2.24) is 9.80 Å². The number of amides is 2. The van der Waals surface area contributed by atoms with Crippen LogP contribution in [0.5, 0.6) is 0 Å². The highest BCUT2D eigenvalue weighted by atomic mass is 35.5. The summed E-state index contributed by atoms with van der Waals surface area (Å²) in [5.74, 6) is -2.38. The first kappa shape index (κ1) is 34.7. The largest absolute Gasteiger partial charge is 0.467 e. The van der Waals surface area contributed by atoms with Gasteiger partial charge in [0.2, 0.25) is 0 Å². The molecule has 13 heteroatoms. The van der Waals surface area contributed by atoms with Crippen molar-refractivity contribution < 1.29 is 37.4 Å². The van der Waals surface area contributed by atoms with E-state index in [2.05, 4.69) is 4.74 Å². The Kier molecular flexibility index (Phi) is 13.5. The molecule has 0 radical (unpaired) electrons. The van der Waals surface area contributed by atoms with E-state index in [0.717, 1.165) is 6.42 Å². The van der Waals surface area contributed by atoms with Gasteiger partial charge in [-0.25, -0.2) is 18.4 Å². The summed E-state index contributed by atoms with van der Waals surface area (Å²) in [5, 5.41) is 16.5. The van der Waals surface area contributed by atoms with E-state index in [1.165, 1.54) is 72.6 Å². The third-order valence-corrected chi connectivity index (χ3v) is 7.02. The van der Waals surface area contributed by atoms with Gasteiger partial charge in [0.05, 0.1) is 32.8 Å². The van der Waals surface area contributed by atoms with Gasteiger partial charge in [-0.3, -0.25) is 9.59 Å². The quantitative estimate of drug-likeness (QED) is 0.359. The molecule has 2 saturated heterocycles. The van der Waals surface area contributed by atoms with Crippen molar-refractivity contribution in [3.05, 3.63) is 71.3 Å². The fourth-order valence-corrected chi connectivity index (χ4v) is 4.86. The maximum Gasteiger partial charge on any atom is 0.332 e. The summed E-state index contributed by atoms with van der Waals surface area (Å²) in [4.78, 5) is 51.2. The third kappa shape index (κ3) is 8.72. The number of alkyl halides is 1. The lowest BCUT2D eigenvalue weighted by Gasteiger charge is -2.34. The molecule has 2 aromatic carbocycles. The van der Waals surface area contributed by atoms with Crippen LogP contribution in [0.4, 0.5) is 8.78 Å². The highest BCUT2D eigenvalue weighted by Gasteiger charge is 2.50. The summed E-state index contributed by atoms with van der Waals surface area (Å²) < 4.78 is 35.2. The zero-order valence-corrected chi connectivity index (χ0v) is 24.5. The van der Waals surface area contributed by atoms with Gasteiger partial charge in [0.1, 0.15) is 23.6 Å². The number of methoxy groups -OCH3 is 2. The van der Waals surface area contributed by atoms with E-state index in [-0.39, 0.29) is 23.8 Å². The van der Waals surface area contributed by atoms with E-state index < -0.39 is 41.1 Å². The van der Waals surface area contributed by atoms with E-state index in [1.54, 1.807) is 6.07 Å². The van der Waals surface area contributed by atoms with Gasteiger partial charge in [0.15, 0.2) is 5.54 Å². The molecular formula is C30H31ClF2N4O6. The third-order valence-electron chi connectivity index (χ3n) is 6.90. The first-order valence-corrected chi connectivity index (χ1v) is 13.7. The second-order valence-electron chi connectivity index (χ2n) is 9.40. The molecule has 228 valence electrons. The average molecular weight is 617 g/mol. The molecule has 2 aliphatic heterocycles. The van der Waals surface area contributed by atoms with Gasteiger partial charge in [-0.1, -0.05) is 0 Å². The summed E-state index contributed by atoms with van der Waals surface area (Å²) in [5.41, 5.74) is -0.577. The molecule has 0 spiro atoms. The molecule has 10 nitrogen and oxygen atoms in total. The van der Waals surface area contributed by atoms with Crippen molar-refractivity contribution in [3.8, 4) is 12.1 Å². The first-order valence-electron chi connectivity index (χ1n) is 13.2. The molecule has 0 aliphatic carbocycles. The Balaban J connectivity index is 0.000000269. The van der Waals surface area contributed by atoms with Crippen LogP contribution in [0.15, 0.2) is 48.5 Å². The standard InChI is InChI=1S/C15H15FN2O3.C13H14FNO3.C2H2ClN/c1-21-14(20)15(8-9-17)7-2-10-18(15)13(19)11-3-5-12(16)6-4-11;1-18-13(17)11-3-2-8-15(11)12(16)9-4-6-10(14)7-5-9;3-1-2-4/h3-6H,2,7-8,10H2,1H3;4-7,11H,2-3,8H2,1H3;1H2. The summed E-state index contributed by atoms with van der Waals surface area (Å²) in [6.45, 7) is 0.892. The minimum Gasteiger partial charge on any atom is -0.467 e. The Morgan fingerprint density at radius 2 is 1.42 bits per heavy atom. The molecule has 0 aromatic heterocycles. The lowest BCUT2D eigenvalue weighted by molar-refractivity contribution is -0.152. The fourth-order valence-electron chi connectivity index (χ4n) is 4.86. The van der Waals surface area contributed by atoms with Crippen LogP contribution < -0.4 is 0 Å². The molecule has 2 aromatic rings. The van der Waals surface area contributed by atoms with Gasteiger partial charge in [0, 0.05) is 24.2 Å². The maximum absolute atomic E-state index is 12.9. The van der Waals surface area contributed by atoms with Crippen LogP contribution in [-0.4, -0.2) is 78.3 Å². The summed E-state index contributed by atoms with van der Waals surface area (Å²) >= 11 is 4.82. The van der Waals surface area contributed by atoms with Crippen molar-refractivity contribution in [3.63, 3.8) is 0 Å². The molecule has 0 saturated carbocycles. The maximum atomic E-state index is 12.9. The number of benzene rings is 2. The van der Waals surface area contributed by atoms with Crippen LogP contribution in [0.25, 0.3) is 0 Å². The molecule has 2 aliphatic rings. The average Bonchev–Trinajstić information content (AvgIpc) is 3.69. The molecular weight excluding hydrogens is 586 g/mol. The number of carbonyl (C=O) groups is 4. The molecule has 43 heavy (non-hydrogen) atoms. The Bertz CT molecular complexity index is 1360. The predicted molar refractivity (Wildman–Crippen MR) is 150 cm³/mol. The summed E-state index contributed by atoms with van der Waals surface area (Å²) in [7, 11) is 2.54. The van der Waals surface area contributed by atoms with Gasteiger partial charge in [-0.2, -0.15) is 10.5 Å². The van der Waals surface area contributed by atoms with E-state index in [4.69, 9.17) is 26.9 Å². The highest BCUT2D eigenvalue weighted by molar-refractivity contribution is 6.19. The lowest BCUT2D eigenvalue weighted by Crippen LogP contribution is -2.53. The predicted octanol–water partition coefficient (Wildman–Crippen LogP) is 4.24. The van der Waals surface area contributed by atoms with Crippen LogP contribution in [0.1, 0.15) is 52.8 Å². The number of hydrogen-bond acceptors (Lipinski definition) is 8. The van der Waals surface area contributed by atoms with Gasteiger partial charge in [-0.05, 0) is 74.2 Å². The van der Waals surface area contributed by atoms with Gasteiger partial charge in [0.25, 0.3) is 11.8 Å². The van der Waals surface area contributed by atoms with Gasteiger partial charge >= 0.3 is 11.9 Å². The zero-order chi connectivity index (χ0) is 32.0. The smallest absolute Gasteiger partial charge is 0.332 e. The lowest BCUT2D eigenvalue weighted by atomic mass is 9.92. The number of nitrogens with zero attached hydrogens (tertiary/aromatic N) is 4. The Morgan fingerprint density at radius 3 is 1.88 bits per heavy atom. The van der Waals surface area contributed by atoms with Crippen molar-refractivity contribution in [1.29, 1.82) is 10.5 Å². The summed E-state index contributed by atoms with van der Waals surface area (Å²) in [6.07, 6.45) is 2.27. The second-order valence-corrected chi connectivity index (χ2v) is 9.67. The Hall–Kier alpha value is -4.55. The number of ether oxygens (including phenoxy) is 2. The topological polar surface area (TPSA) is 141 Å². The number of likely N-dealkylation sites (tertiary alicyclic amines) is 2. The molecule has 2 amide bonds. The normalized spacial score (nSPS) is 18.5. The van der Waals surface area contributed by atoms with E-state index in [0.29, 0.717) is 37.9 Å². The second kappa shape index (κ2) is 16.8. The van der Waals surface area contributed by atoms with Crippen molar-refractivity contribution in [2.75, 3.05) is 33.2 Å². The Labute approximate surface area is 253 Å². The molecule has 0 bridgehead atoms. The zero-order valence-electron chi connectivity index (χ0n) is 23.7. The van der Waals surface area contributed by atoms with E-state index in [1.807, 2.05) is 6.07 Å². The van der Waals surface area contributed by atoms with Crippen molar-refractivity contribution in [2.24, 2.45) is 0 Å². The molecule has 2 unspecified atom stereocenters. The minimum absolute atomic E-state index is 0.0972. The van der Waals surface area contributed by atoms with Gasteiger partial charge < -0.3 is 19.3 Å². The van der Waals surface area contributed by atoms with Crippen LogP contribution >= 0.6 is 11.6 Å². The fraction of sp³-hybridized carbons (Fsp3) is 0.400. The van der Waals surface area contributed by atoms with Crippen LogP contribution in [-0.2, 0) is 19.1 Å². The number of esters is 2. The number of nitriles is 2. The molecule has 0 N–H and O–H groups in total. The minimum atomic E-state index is -1.24. The van der Waals surface area contributed by atoms with Crippen LogP contribution in [0.3, 0.4) is 0 Å². The number of carbonyl (C=O) groups excluding carboxylic acids is 4. The molecule has 2 fully saturated rings. The highest BCUT2D eigenvalue weighted by Crippen LogP contribution is 2.35. The number of rotatable bonds is 5. The van der Waals surface area contributed by atoms with Crippen LogP contribution in [0, 0.1) is 34.3 Å². The van der Waals surface area contributed by atoms with E-state index >= 15 is 0 Å². The van der Waals surface area contributed by atoms with Crippen molar-refractivity contribution >= 4 is 35.4 Å². The number of halogens is 3. The summed E-state index contributed by atoms with van der Waals surface area (Å²) in [6, 6.07) is 13.5. The van der Waals surface area contributed by atoms with Crippen molar-refractivity contribution in [2.45, 2.75) is 43.7 Å². The SMILES string of the molecule is COC(=O)C1(CC#N)CCCN1C(=O)c1ccc(F)cc1.COC(=O)C1CCCN1C(=O)c1ccc(F)cc1.N#CCCl. The number of hydrogen-bond donors (Lipinski definition) is 0. The Morgan fingerprint density at radius 1 is 0.884 bits per heavy atom.